The fourth-order valence-electron chi connectivity index (χ4n) is 2.27. The van der Waals surface area contributed by atoms with Crippen LogP contribution in [0.1, 0.15) is 19.3 Å². The van der Waals surface area contributed by atoms with Crippen LogP contribution in [0.5, 0.6) is 0 Å². The van der Waals surface area contributed by atoms with Crippen molar-refractivity contribution in [3.63, 3.8) is 0 Å². The number of hydrogen-bond donors (Lipinski definition) is 1. The summed E-state index contributed by atoms with van der Waals surface area (Å²) in [7, 11) is 1.80. The third-order valence-corrected chi connectivity index (χ3v) is 3.93. The topological polar surface area (TPSA) is 67.1 Å². The number of piperidine rings is 1. The van der Waals surface area contributed by atoms with Crippen LogP contribution >= 0.6 is 15.9 Å². The van der Waals surface area contributed by atoms with Crippen molar-refractivity contribution in [1.82, 2.24) is 15.0 Å². The van der Waals surface area contributed by atoms with Crippen LogP contribution in [0.15, 0.2) is 21.2 Å². The number of rotatable bonds is 3. The summed E-state index contributed by atoms with van der Waals surface area (Å²) in [6, 6.07) is 1.83. The van der Waals surface area contributed by atoms with Gasteiger partial charge in [0.05, 0.1) is 10.7 Å². The first-order valence-corrected chi connectivity index (χ1v) is 7.49. The molecule has 0 saturated carbocycles. The van der Waals surface area contributed by atoms with E-state index in [1.807, 2.05) is 6.07 Å². The molecule has 2 aromatic rings. The van der Waals surface area contributed by atoms with Gasteiger partial charge in [-0.15, -0.1) is 0 Å². The third-order valence-electron chi connectivity index (χ3n) is 3.31. The van der Waals surface area contributed by atoms with Gasteiger partial charge < -0.3 is 14.6 Å². The predicted molar refractivity (Wildman–Crippen MR) is 80.8 cm³/mol. The fourth-order valence-corrected chi connectivity index (χ4v) is 2.65. The van der Waals surface area contributed by atoms with Gasteiger partial charge in [-0.3, -0.25) is 0 Å². The highest BCUT2D eigenvalue weighted by Gasteiger charge is 2.18. The van der Waals surface area contributed by atoms with Crippen molar-refractivity contribution < 1.29 is 4.42 Å². The van der Waals surface area contributed by atoms with Gasteiger partial charge in [0.25, 0.3) is 0 Å². The summed E-state index contributed by atoms with van der Waals surface area (Å²) in [6.45, 7) is 1.98. The number of anilines is 2. The second kappa shape index (κ2) is 5.78. The first-order valence-electron chi connectivity index (χ1n) is 6.70. The van der Waals surface area contributed by atoms with Crippen molar-refractivity contribution in [3.8, 4) is 11.6 Å². The largest absolute Gasteiger partial charge is 0.460 e. The maximum absolute atomic E-state index is 5.45. The van der Waals surface area contributed by atoms with E-state index in [2.05, 4.69) is 41.1 Å². The molecular weight excluding hydrogens is 322 g/mol. The lowest BCUT2D eigenvalue weighted by Gasteiger charge is -2.26. The van der Waals surface area contributed by atoms with Crippen molar-refractivity contribution in [1.29, 1.82) is 0 Å². The van der Waals surface area contributed by atoms with Gasteiger partial charge in [-0.2, -0.15) is 15.0 Å². The lowest BCUT2D eigenvalue weighted by Crippen LogP contribution is -2.31. The van der Waals surface area contributed by atoms with Crippen LogP contribution < -0.4 is 10.2 Å². The lowest BCUT2D eigenvalue weighted by molar-refractivity contribution is 0.562. The Morgan fingerprint density at radius 2 is 2.00 bits per heavy atom. The molecule has 0 amide bonds. The van der Waals surface area contributed by atoms with Crippen LogP contribution in [0.3, 0.4) is 0 Å². The van der Waals surface area contributed by atoms with Crippen molar-refractivity contribution in [2.75, 3.05) is 30.4 Å². The van der Waals surface area contributed by atoms with E-state index < -0.39 is 0 Å². The smallest absolute Gasteiger partial charge is 0.230 e. The van der Waals surface area contributed by atoms with Gasteiger partial charge in [0.1, 0.15) is 0 Å². The number of halogens is 1. The molecule has 1 saturated heterocycles. The Bertz CT molecular complexity index is 594. The fraction of sp³-hybridized carbons (Fsp3) is 0.462. The van der Waals surface area contributed by atoms with Crippen LogP contribution in [0.25, 0.3) is 11.6 Å². The van der Waals surface area contributed by atoms with E-state index in [-0.39, 0.29) is 0 Å². The maximum atomic E-state index is 5.45. The number of nitrogens with one attached hydrogen (secondary N) is 1. The van der Waals surface area contributed by atoms with Crippen LogP contribution in [-0.4, -0.2) is 35.1 Å². The standard InChI is InChI=1S/C13H16BrN5O/c1-15-12-16-11(10-9(14)5-8-20-10)17-13(18-12)19-6-3-2-4-7-19/h5,8H,2-4,6-7H2,1H3,(H,15,16,17,18). The van der Waals surface area contributed by atoms with Crippen LogP contribution in [0.4, 0.5) is 11.9 Å². The summed E-state index contributed by atoms with van der Waals surface area (Å²) in [4.78, 5) is 15.6. The monoisotopic (exact) mass is 337 g/mol. The molecule has 0 spiro atoms. The van der Waals surface area contributed by atoms with E-state index in [1.54, 1.807) is 13.3 Å². The van der Waals surface area contributed by atoms with E-state index in [1.165, 1.54) is 19.3 Å². The van der Waals surface area contributed by atoms with Gasteiger partial charge in [0, 0.05) is 20.1 Å². The van der Waals surface area contributed by atoms with Crippen molar-refractivity contribution in [3.05, 3.63) is 16.8 Å². The van der Waals surface area contributed by atoms with E-state index in [4.69, 9.17) is 4.42 Å². The molecule has 106 valence electrons. The summed E-state index contributed by atoms with van der Waals surface area (Å²) < 4.78 is 6.29. The second-order valence-corrected chi connectivity index (χ2v) is 5.53. The highest BCUT2D eigenvalue weighted by Crippen LogP contribution is 2.28. The maximum Gasteiger partial charge on any atom is 0.230 e. The average Bonchev–Trinajstić information content (AvgIpc) is 2.94. The Balaban J connectivity index is 2.00. The van der Waals surface area contributed by atoms with Crippen molar-refractivity contribution in [2.45, 2.75) is 19.3 Å². The molecule has 0 aromatic carbocycles. The molecule has 2 aromatic heterocycles. The molecule has 1 N–H and O–H groups in total. The summed E-state index contributed by atoms with van der Waals surface area (Å²) in [6.07, 6.45) is 5.25. The molecule has 1 aliphatic heterocycles. The lowest BCUT2D eigenvalue weighted by atomic mass is 10.1. The molecule has 0 bridgehead atoms. The molecule has 3 heterocycles. The number of nitrogens with zero attached hydrogens (tertiary/aromatic N) is 4. The minimum atomic E-state index is 0.543. The predicted octanol–water partition coefficient (Wildman–Crippen LogP) is 2.93. The zero-order chi connectivity index (χ0) is 13.9. The van der Waals surface area contributed by atoms with Gasteiger partial charge in [0.15, 0.2) is 5.76 Å². The normalized spacial score (nSPS) is 15.4. The van der Waals surface area contributed by atoms with E-state index in [0.717, 1.165) is 17.6 Å². The quantitative estimate of drug-likeness (QED) is 0.928. The summed E-state index contributed by atoms with van der Waals surface area (Å²) in [5.41, 5.74) is 0. The minimum absolute atomic E-state index is 0.543. The van der Waals surface area contributed by atoms with Gasteiger partial charge in [-0.05, 0) is 41.3 Å². The molecule has 6 nitrogen and oxygen atoms in total. The van der Waals surface area contributed by atoms with E-state index in [9.17, 15) is 0 Å². The summed E-state index contributed by atoms with van der Waals surface area (Å²) >= 11 is 3.44. The summed E-state index contributed by atoms with van der Waals surface area (Å²) in [5.74, 6) is 2.44. The summed E-state index contributed by atoms with van der Waals surface area (Å²) in [5, 5.41) is 2.98. The SMILES string of the molecule is CNc1nc(-c2occc2Br)nc(N2CCCCC2)n1. The highest BCUT2D eigenvalue weighted by atomic mass is 79.9. The van der Waals surface area contributed by atoms with Crippen molar-refractivity contribution >= 4 is 27.8 Å². The molecule has 20 heavy (non-hydrogen) atoms. The first kappa shape index (κ1) is 13.4. The van der Waals surface area contributed by atoms with E-state index in [0.29, 0.717) is 23.5 Å². The Labute approximate surface area is 125 Å². The van der Waals surface area contributed by atoms with Crippen molar-refractivity contribution in [2.24, 2.45) is 0 Å². The van der Waals surface area contributed by atoms with Gasteiger partial charge in [-0.1, -0.05) is 0 Å². The Morgan fingerprint density at radius 1 is 1.20 bits per heavy atom. The van der Waals surface area contributed by atoms with Crippen LogP contribution in [0, 0.1) is 0 Å². The highest BCUT2D eigenvalue weighted by molar-refractivity contribution is 9.10. The molecule has 7 heteroatoms. The molecule has 0 atom stereocenters. The van der Waals surface area contributed by atoms with E-state index >= 15 is 0 Å². The molecular formula is C13H16BrN5O. The molecule has 0 radical (unpaired) electrons. The minimum Gasteiger partial charge on any atom is -0.460 e. The van der Waals surface area contributed by atoms with Gasteiger partial charge in [0.2, 0.25) is 17.7 Å². The molecule has 0 unspecified atom stereocenters. The van der Waals surface area contributed by atoms with Gasteiger partial charge >= 0.3 is 0 Å². The van der Waals surface area contributed by atoms with Crippen LogP contribution in [0.2, 0.25) is 0 Å². The zero-order valence-electron chi connectivity index (χ0n) is 11.3. The molecule has 3 rings (SSSR count). The number of hydrogen-bond acceptors (Lipinski definition) is 6. The number of furan rings is 1. The Morgan fingerprint density at radius 3 is 2.65 bits per heavy atom. The van der Waals surface area contributed by atoms with Gasteiger partial charge in [-0.25, -0.2) is 0 Å². The second-order valence-electron chi connectivity index (χ2n) is 4.68. The zero-order valence-corrected chi connectivity index (χ0v) is 12.9. The number of aromatic nitrogens is 3. The van der Waals surface area contributed by atoms with Crippen LogP contribution in [-0.2, 0) is 0 Å². The average molecular weight is 338 g/mol. The molecule has 1 fully saturated rings. The first-order chi connectivity index (χ1) is 9.78. The Kier molecular flexibility index (Phi) is 3.86. The third kappa shape index (κ3) is 2.63. The molecule has 0 aliphatic carbocycles. The molecule has 1 aliphatic rings. The Hall–Kier alpha value is -1.63.